The van der Waals surface area contributed by atoms with E-state index >= 15 is 0 Å². The number of anilines is 1. The molecule has 0 aliphatic carbocycles. The lowest BCUT2D eigenvalue weighted by atomic mass is 9.99. The molecule has 0 unspecified atom stereocenters. The molecule has 8 nitrogen and oxygen atoms in total. The highest BCUT2D eigenvalue weighted by Gasteiger charge is 2.33. The van der Waals surface area contributed by atoms with Gasteiger partial charge in [0.15, 0.2) is 11.5 Å². The van der Waals surface area contributed by atoms with Gasteiger partial charge in [-0.05, 0) is 6.42 Å². The summed E-state index contributed by atoms with van der Waals surface area (Å²) in [6.07, 6.45) is 3.68. The second kappa shape index (κ2) is 5.79. The third-order valence-corrected chi connectivity index (χ3v) is 4.56. The van der Waals surface area contributed by atoms with Crippen LogP contribution in [0.2, 0.25) is 0 Å². The van der Waals surface area contributed by atoms with Gasteiger partial charge in [0.05, 0.1) is 25.6 Å². The Hall–Kier alpha value is -1.77. The highest BCUT2D eigenvalue weighted by Crippen LogP contribution is 2.25. The van der Waals surface area contributed by atoms with Crippen LogP contribution in [0.1, 0.15) is 6.42 Å². The predicted octanol–water partition coefficient (Wildman–Crippen LogP) is -0.375. The Kier molecular flexibility index (Phi) is 3.65. The quantitative estimate of drug-likeness (QED) is 0.782. The number of fused-ring (bicyclic) bond motifs is 1. The minimum absolute atomic E-state index is 0.208. The first-order valence-corrected chi connectivity index (χ1v) is 7.72. The lowest BCUT2D eigenvalue weighted by Gasteiger charge is -2.43. The number of hydrogen-bond acceptors (Lipinski definition) is 7. The fourth-order valence-corrected chi connectivity index (χ4v) is 3.44. The van der Waals surface area contributed by atoms with Crippen molar-refractivity contribution < 1.29 is 9.84 Å². The van der Waals surface area contributed by atoms with Gasteiger partial charge in [-0.25, -0.2) is 15.0 Å². The molecule has 2 fully saturated rings. The van der Waals surface area contributed by atoms with E-state index in [0.29, 0.717) is 12.2 Å². The van der Waals surface area contributed by atoms with Crippen molar-refractivity contribution in [3.8, 4) is 0 Å². The van der Waals surface area contributed by atoms with Crippen LogP contribution in [-0.4, -0.2) is 81.5 Å². The van der Waals surface area contributed by atoms with Crippen LogP contribution in [0.15, 0.2) is 12.7 Å². The lowest BCUT2D eigenvalue weighted by molar-refractivity contribution is -0.0274. The van der Waals surface area contributed by atoms with Crippen LogP contribution in [0.25, 0.3) is 11.2 Å². The van der Waals surface area contributed by atoms with Crippen molar-refractivity contribution in [1.82, 2.24) is 24.8 Å². The maximum Gasteiger partial charge on any atom is 0.182 e. The van der Waals surface area contributed by atoms with Gasteiger partial charge < -0.3 is 19.7 Å². The van der Waals surface area contributed by atoms with Gasteiger partial charge in [-0.2, -0.15) is 0 Å². The average Bonchev–Trinajstić information content (AvgIpc) is 3.04. The van der Waals surface area contributed by atoms with Crippen molar-refractivity contribution in [3.05, 3.63) is 12.7 Å². The molecule has 2 N–H and O–H groups in total. The number of ether oxygens (including phenoxy) is 1. The van der Waals surface area contributed by atoms with Crippen molar-refractivity contribution in [1.29, 1.82) is 0 Å². The highest BCUT2D eigenvalue weighted by atomic mass is 16.5. The van der Waals surface area contributed by atoms with Crippen LogP contribution >= 0.6 is 0 Å². The van der Waals surface area contributed by atoms with E-state index in [4.69, 9.17) is 4.74 Å². The van der Waals surface area contributed by atoms with Crippen molar-refractivity contribution in [2.75, 3.05) is 44.3 Å². The third kappa shape index (κ3) is 2.43. The number of aliphatic hydroxyl groups excluding tert-OH is 1. The predicted molar refractivity (Wildman–Crippen MR) is 80.7 cm³/mol. The van der Waals surface area contributed by atoms with E-state index in [2.05, 4.69) is 29.7 Å². The first-order chi connectivity index (χ1) is 10.8. The molecular weight excluding hydrogens is 284 g/mol. The van der Waals surface area contributed by atoms with Gasteiger partial charge in [0.25, 0.3) is 0 Å². The van der Waals surface area contributed by atoms with Gasteiger partial charge >= 0.3 is 0 Å². The molecule has 0 radical (unpaired) electrons. The molecule has 4 heterocycles. The first-order valence-electron chi connectivity index (χ1n) is 7.72. The zero-order chi connectivity index (χ0) is 14.9. The summed E-state index contributed by atoms with van der Waals surface area (Å²) in [7, 11) is 0. The molecule has 2 atom stereocenters. The van der Waals surface area contributed by atoms with Gasteiger partial charge in [0, 0.05) is 32.2 Å². The highest BCUT2D eigenvalue weighted by molar-refractivity contribution is 5.82. The average molecular weight is 304 g/mol. The molecule has 118 valence electrons. The number of rotatable bonds is 2. The number of aromatic amines is 1. The van der Waals surface area contributed by atoms with Gasteiger partial charge in [-0.15, -0.1) is 0 Å². The zero-order valence-corrected chi connectivity index (χ0v) is 12.4. The number of nitrogens with zero attached hydrogens (tertiary/aromatic N) is 5. The minimum Gasteiger partial charge on any atom is -0.390 e. The number of aliphatic hydroxyl groups is 1. The third-order valence-electron chi connectivity index (χ3n) is 4.56. The molecule has 0 aromatic carbocycles. The molecule has 0 bridgehead atoms. The van der Waals surface area contributed by atoms with Gasteiger partial charge in [0.1, 0.15) is 11.8 Å². The molecule has 2 saturated heterocycles. The Morgan fingerprint density at radius 3 is 2.86 bits per heavy atom. The van der Waals surface area contributed by atoms with Gasteiger partial charge in [0.2, 0.25) is 0 Å². The second-order valence-corrected chi connectivity index (χ2v) is 5.82. The van der Waals surface area contributed by atoms with E-state index in [9.17, 15) is 5.11 Å². The molecule has 0 spiro atoms. The SMILES string of the molecule is O[C@@H]1CN(c2ncnc3nc[nH]c23)CC[C@H]1N1CCOCC1. The molecule has 2 aromatic heterocycles. The molecule has 2 aromatic rings. The van der Waals surface area contributed by atoms with Crippen LogP contribution in [0, 0.1) is 0 Å². The summed E-state index contributed by atoms with van der Waals surface area (Å²) in [5.74, 6) is 0.821. The van der Waals surface area contributed by atoms with Crippen molar-refractivity contribution in [2.24, 2.45) is 0 Å². The maximum atomic E-state index is 10.6. The lowest BCUT2D eigenvalue weighted by Crippen LogP contribution is -2.56. The zero-order valence-electron chi connectivity index (χ0n) is 12.4. The smallest absolute Gasteiger partial charge is 0.182 e. The Morgan fingerprint density at radius 2 is 2.05 bits per heavy atom. The van der Waals surface area contributed by atoms with Crippen LogP contribution < -0.4 is 4.90 Å². The van der Waals surface area contributed by atoms with Crippen molar-refractivity contribution >= 4 is 17.0 Å². The molecule has 2 aliphatic rings. The first kappa shape index (κ1) is 13.9. The summed E-state index contributed by atoms with van der Waals surface area (Å²) in [6.45, 7) is 4.76. The molecule has 4 rings (SSSR count). The van der Waals surface area contributed by atoms with Crippen LogP contribution in [0.4, 0.5) is 5.82 Å². The Bertz CT molecular complexity index is 641. The van der Waals surface area contributed by atoms with Crippen LogP contribution in [-0.2, 0) is 4.74 Å². The van der Waals surface area contributed by atoms with Crippen LogP contribution in [0.5, 0.6) is 0 Å². The number of H-pyrrole nitrogens is 1. The normalized spacial score (nSPS) is 27.4. The number of nitrogens with one attached hydrogen (secondary N) is 1. The van der Waals surface area contributed by atoms with E-state index in [0.717, 1.165) is 50.6 Å². The molecule has 8 heteroatoms. The summed E-state index contributed by atoms with van der Waals surface area (Å²) in [6, 6.07) is 0.208. The number of morpholine rings is 1. The van der Waals surface area contributed by atoms with Gasteiger partial charge in [-0.3, -0.25) is 4.90 Å². The van der Waals surface area contributed by atoms with Gasteiger partial charge in [-0.1, -0.05) is 0 Å². The summed E-state index contributed by atoms with van der Waals surface area (Å²) >= 11 is 0. The second-order valence-electron chi connectivity index (χ2n) is 5.82. The summed E-state index contributed by atoms with van der Waals surface area (Å²) < 4.78 is 5.39. The fourth-order valence-electron chi connectivity index (χ4n) is 3.44. The van der Waals surface area contributed by atoms with E-state index in [1.807, 2.05) is 0 Å². The summed E-state index contributed by atoms with van der Waals surface area (Å²) in [5, 5.41) is 10.6. The molecule has 22 heavy (non-hydrogen) atoms. The number of hydrogen-bond donors (Lipinski definition) is 2. The number of β-amino-alcohol motifs (C(OH)–C–C–N with tert-alkyl or cyclic N) is 1. The van der Waals surface area contributed by atoms with E-state index in [1.54, 1.807) is 6.33 Å². The number of imidazole rings is 1. The largest absolute Gasteiger partial charge is 0.390 e. The Balaban J connectivity index is 1.51. The molecule has 0 amide bonds. The fraction of sp³-hybridized carbons (Fsp3) is 0.643. The summed E-state index contributed by atoms with van der Waals surface area (Å²) in [4.78, 5) is 20.2. The van der Waals surface area contributed by atoms with Crippen molar-refractivity contribution in [3.63, 3.8) is 0 Å². The van der Waals surface area contributed by atoms with E-state index in [1.165, 1.54) is 6.33 Å². The molecule has 0 saturated carbocycles. The molecule has 2 aliphatic heterocycles. The van der Waals surface area contributed by atoms with Crippen molar-refractivity contribution in [2.45, 2.75) is 18.6 Å². The maximum absolute atomic E-state index is 10.6. The van der Waals surface area contributed by atoms with Crippen LogP contribution in [0.3, 0.4) is 0 Å². The number of piperidine rings is 1. The van der Waals surface area contributed by atoms with E-state index in [-0.39, 0.29) is 12.1 Å². The minimum atomic E-state index is -0.389. The monoisotopic (exact) mass is 304 g/mol. The summed E-state index contributed by atoms with van der Waals surface area (Å²) in [5.41, 5.74) is 1.49. The topological polar surface area (TPSA) is 90.4 Å². The standard InChI is InChI=1S/C14H20N6O2/c21-11-7-20(2-1-10(11)19-3-5-22-6-4-19)14-12-13(16-8-15-12)17-9-18-14/h8-11,21H,1-7H2,(H,15,16,17,18)/t10-,11-/m1/s1. The molecular formula is C14H20N6O2. The Labute approximate surface area is 128 Å². The number of aromatic nitrogens is 4. The Morgan fingerprint density at radius 1 is 1.18 bits per heavy atom. The van der Waals surface area contributed by atoms with E-state index < -0.39 is 0 Å².